The largest absolute Gasteiger partial charge is 0.444 e. The molecular weight excluding hydrogens is 396 g/mol. The second-order valence-electron chi connectivity index (χ2n) is 7.76. The van der Waals surface area contributed by atoms with Crippen molar-refractivity contribution in [2.45, 2.75) is 19.4 Å². The third-order valence-electron chi connectivity index (χ3n) is 5.50. The van der Waals surface area contributed by atoms with E-state index in [0.29, 0.717) is 31.1 Å². The molecule has 4 aromatic rings. The summed E-state index contributed by atoms with van der Waals surface area (Å²) in [6.07, 6.45) is 5.09. The molecule has 1 aliphatic heterocycles. The number of oxazole rings is 1. The fourth-order valence-electron chi connectivity index (χ4n) is 3.89. The van der Waals surface area contributed by atoms with E-state index in [1.54, 1.807) is 23.1 Å². The van der Waals surface area contributed by atoms with Crippen molar-refractivity contribution in [3.8, 4) is 11.5 Å². The standard InChI is InChI=1S/C22H22N6O3/c1-13-7-14(3-5-23-13)22-26-18(12-31-22)21(30)25-17-8-15-10-24-27(2)19(15)9-20(17)28-6-4-16(29)11-28/h3,5,7-10,12,16,29H,4,6,11H2,1-2H3,(H,25,30). The number of pyridine rings is 1. The molecule has 1 unspecified atom stereocenters. The molecular formula is C22H22N6O3. The van der Waals surface area contributed by atoms with Crippen molar-refractivity contribution in [3.05, 3.63) is 54.3 Å². The Morgan fingerprint density at radius 1 is 1.32 bits per heavy atom. The Kier molecular flexibility index (Phi) is 4.67. The van der Waals surface area contributed by atoms with Crippen LogP contribution in [-0.4, -0.2) is 50.0 Å². The number of hydrogen-bond acceptors (Lipinski definition) is 7. The molecule has 5 rings (SSSR count). The number of aromatic nitrogens is 4. The first kappa shape index (κ1) is 19.3. The summed E-state index contributed by atoms with van der Waals surface area (Å²) >= 11 is 0. The topological polar surface area (TPSA) is 109 Å². The number of hydrogen-bond donors (Lipinski definition) is 2. The normalized spacial score (nSPS) is 16.2. The number of β-amino-alcohol motifs (C(OH)–C–C–N with tert-alkyl or cyclic N) is 1. The van der Waals surface area contributed by atoms with Gasteiger partial charge in [-0.1, -0.05) is 0 Å². The summed E-state index contributed by atoms with van der Waals surface area (Å²) in [5, 5.41) is 18.2. The van der Waals surface area contributed by atoms with Crippen molar-refractivity contribution >= 4 is 28.2 Å². The molecule has 0 spiro atoms. The predicted octanol–water partition coefficient (Wildman–Crippen LogP) is 2.76. The first-order chi connectivity index (χ1) is 15.0. The zero-order valence-corrected chi connectivity index (χ0v) is 17.2. The molecule has 0 saturated carbocycles. The van der Waals surface area contributed by atoms with E-state index < -0.39 is 0 Å². The van der Waals surface area contributed by atoms with Crippen molar-refractivity contribution in [2.75, 3.05) is 23.3 Å². The van der Waals surface area contributed by atoms with Gasteiger partial charge in [-0.15, -0.1) is 0 Å². The molecule has 31 heavy (non-hydrogen) atoms. The van der Waals surface area contributed by atoms with Gasteiger partial charge in [0.05, 0.1) is 29.2 Å². The Morgan fingerprint density at radius 2 is 2.19 bits per heavy atom. The lowest BCUT2D eigenvalue weighted by Crippen LogP contribution is -2.23. The number of amides is 1. The number of fused-ring (bicyclic) bond motifs is 1. The minimum atomic E-state index is -0.382. The number of rotatable bonds is 4. The molecule has 4 heterocycles. The first-order valence-electron chi connectivity index (χ1n) is 10.1. The van der Waals surface area contributed by atoms with Crippen molar-refractivity contribution in [1.82, 2.24) is 19.7 Å². The molecule has 1 atom stereocenters. The molecule has 1 saturated heterocycles. The van der Waals surface area contributed by atoms with E-state index in [9.17, 15) is 9.90 Å². The van der Waals surface area contributed by atoms with Gasteiger partial charge in [-0.3, -0.25) is 14.5 Å². The third kappa shape index (κ3) is 3.64. The van der Waals surface area contributed by atoms with Gasteiger partial charge in [-0.05, 0) is 37.6 Å². The molecule has 1 amide bonds. The summed E-state index contributed by atoms with van der Waals surface area (Å²) in [5.41, 5.74) is 4.21. The highest BCUT2D eigenvalue weighted by Gasteiger charge is 2.25. The minimum absolute atomic E-state index is 0.183. The Bertz CT molecular complexity index is 1280. The van der Waals surface area contributed by atoms with Crippen LogP contribution >= 0.6 is 0 Å². The molecule has 1 fully saturated rings. The molecule has 9 nitrogen and oxygen atoms in total. The van der Waals surface area contributed by atoms with E-state index in [0.717, 1.165) is 27.8 Å². The fourth-order valence-corrected chi connectivity index (χ4v) is 3.89. The Hall–Kier alpha value is -3.72. The maximum atomic E-state index is 13.0. The summed E-state index contributed by atoms with van der Waals surface area (Å²) in [4.78, 5) is 23.5. The second kappa shape index (κ2) is 7.51. The van der Waals surface area contributed by atoms with E-state index >= 15 is 0 Å². The average molecular weight is 418 g/mol. The van der Waals surface area contributed by atoms with Crippen molar-refractivity contribution in [2.24, 2.45) is 7.05 Å². The number of aliphatic hydroxyl groups is 1. The highest BCUT2D eigenvalue weighted by molar-refractivity contribution is 6.06. The van der Waals surface area contributed by atoms with Crippen molar-refractivity contribution in [1.29, 1.82) is 0 Å². The molecule has 0 bridgehead atoms. The van der Waals surface area contributed by atoms with Gasteiger partial charge in [0, 0.05) is 43.0 Å². The molecule has 0 radical (unpaired) electrons. The first-order valence-corrected chi connectivity index (χ1v) is 10.1. The minimum Gasteiger partial charge on any atom is -0.444 e. The lowest BCUT2D eigenvalue weighted by Gasteiger charge is -2.22. The van der Waals surface area contributed by atoms with Crippen LogP contribution in [0.1, 0.15) is 22.6 Å². The number of aliphatic hydroxyl groups excluding tert-OH is 1. The number of anilines is 2. The van der Waals surface area contributed by atoms with Crippen LogP contribution in [0.3, 0.4) is 0 Å². The summed E-state index contributed by atoms with van der Waals surface area (Å²) in [5.74, 6) is -0.00809. The van der Waals surface area contributed by atoms with E-state index in [4.69, 9.17) is 4.42 Å². The predicted molar refractivity (Wildman–Crippen MR) is 116 cm³/mol. The number of nitrogens with one attached hydrogen (secondary N) is 1. The highest BCUT2D eigenvalue weighted by atomic mass is 16.3. The molecule has 2 N–H and O–H groups in total. The van der Waals surface area contributed by atoms with Crippen LogP contribution in [0.5, 0.6) is 0 Å². The van der Waals surface area contributed by atoms with E-state index in [1.807, 2.05) is 32.2 Å². The summed E-state index contributed by atoms with van der Waals surface area (Å²) in [6, 6.07) is 7.52. The second-order valence-corrected chi connectivity index (χ2v) is 7.76. The molecule has 158 valence electrons. The van der Waals surface area contributed by atoms with Gasteiger partial charge in [0.15, 0.2) is 5.69 Å². The van der Waals surface area contributed by atoms with Gasteiger partial charge in [0.25, 0.3) is 5.91 Å². The fraction of sp³-hybridized carbons (Fsp3) is 0.273. The van der Waals surface area contributed by atoms with Crippen LogP contribution in [0, 0.1) is 6.92 Å². The van der Waals surface area contributed by atoms with Gasteiger partial charge >= 0.3 is 0 Å². The zero-order valence-electron chi connectivity index (χ0n) is 17.2. The highest BCUT2D eigenvalue weighted by Crippen LogP contribution is 2.34. The Balaban J connectivity index is 1.46. The van der Waals surface area contributed by atoms with Gasteiger partial charge in [-0.2, -0.15) is 5.10 Å². The smallest absolute Gasteiger partial charge is 0.277 e. The number of nitrogens with zero attached hydrogens (tertiary/aromatic N) is 5. The summed E-state index contributed by atoms with van der Waals surface area (Å²) in [7, 11) is 1.88. The summed E-state index contributed by atoms with van der Waals surface area (Å²) < 4.78 is 7.31. The van der Waals surface area contributed by atoms with E-state index in [-0.39, 0.29) is 17.7 Å². The molecule has 0 aliphatic carbocycles. The SMILES string of the molecule is Cc1cc(-c2nc(C(=O)Nc3cc4cnn(C)c4cc3N3CCC(O)C3)co2)ccn1. The quantitative estimate of drug-likeness (QED) is 0.524. The molecule has 1 aliphatic rings. The number of carbonyl (C=O) groups is 1. The lowest BCUT2D eigenvalue weighted by atomic mass is 10.1. The van der Waals surface area contributed by atoms with Gasteiger partial charge in [0.1, 0.15) is 6.26 Å². The van der Waals surface area contributed by atoms with Crippen molar-refractivity contribution < 1.29 is 14.3 Å². The lowest BCUT2D eigenvalue weighted by molar-refractivity contribution is 0.102. The molecule has 3 aromatic heterocycles. The van der Waals surface area contributed by atoms with Crippen LogP contribution in [0.2, 0.25) is 0 Å². The van der Waals surface area contributed by atoms with E-state index in [2.05, 4.69) is 25.3 Å². The van der Waals surface area contributed by atoms with E-state index in [1.165, 1.54) is 6.26 Å². The van der Waals surface area contributed by atoms with Crippen LogP contribution in [0.4, 0.5) is 11.4 Å². The summed E-state index contributed by atoms with van der Waals surface area (Å²) in [6.45, 7) is 3.11. The maximum Gasteiger partial charge on any atom is 0.277 e. The van der Waals surface area contributed by atoms with Crippen LogP contribution in [0.25, 0.3) is 22.4 Å². The number of benzene rings is 1. The third-order valence-corrected chi connectivity index (χ3v) is 5.50. The number of aryl methyl sites for hydroxylation is 2. The maximum absolute atomic E-state index is 13.0. The van der Waals surface area contributed by atoms with Crippen LogP contribution in [-0.2, 0) is 7.05 Å². The number of carbonyl (C=O) groups excluding carboxylic acids is 1. The van der Waals surface area contributed by atoms with Gasteiger partial charge in [0.2, 0.25) is 5.89 Å². The van der Waals surface area contributed by atoms with Crippen LogP contribution in [0.15, 0.2) is 47.3 Å². The monoisotopic (exact) mass is 418 g/mol. The zero-order chi connectivity index (χ0) is 21.5. The van der Waals surface area contributed by atoms with Gasteiger partial charge < -0.3 is 19.7 Å². The Labute approximate surface area is 178 Å². The van der Waals surface area contributed by atoms with Crippen LogP contribution < -0.4 is 10.2 Å². The molecule has 1 aromatic carbocycles. The average Bonchev–Trinajstić information content (AvgIpc) is 3.48. The van der Waals surface area contributed by atoms with Crippen molar-refractivity contribution in [3.63, 3.8) is 0 Å². The molecule has 9 heteroatoms. The van der Waals surface area contributed by atoms with Gasteiger partial charge in [-0.25, -0.2) is 4.98 Å². The Morgan fingerprint density at radius 3 is 2.97 bits per heavy atom.